The fraction of sp³-hybridized carbons (Fsp3) is 0.941. The number of hydrogen-bond donors (Lipinski definition) is 2. The van der Waals surface area contributed by atoms with Crippen LogP contribution in [-0.4, -0.2) is 89.4 Å². The van der Waals surface area contributed by atoms with E-state index in [1.165, 1.54) is 32.5 Å². The third-order valence-electron chi connectivity index (χ3n) is 4.28. The summed E-state index contributed by atoms with van der Waals surface area (Å²) in [6, 6.07) is 0. The van der Waals surface area contributed by atoms with Crippen molar-refractivity contribution in [3.8, 4) is 0 Å². The SMILES string of the molecule is CN=C(NCCN(C)CCCOC)NCC(C)CN1CCCC1.I. The second-order valence-electron chi connectivity index (χ2n) is 6.64. The summed E-state index contributed by atoms with van der Waals surface area (Å²) in [5.41, 5.74) is 0. The monoisotopic (exact) mass is 455 g/mol. The van der Waals surface area contributed by atoms with Gasteiger partial charge in [-0.05, 0) is 45.3 Å². The number of hydrogen-bond acceptors (Lipinski definition) is 4. The second-order valence-corrected chi connectivity index (χ2v) is 6.64. The minimum absolute atomic E-state index is 0. The highest BCUT2D eigenvalue weighted by atomic mass is 127. The van der Waals surface area contributed by atoms with Crippen LogP contribution >= 0.6 is 24.0 Å². The molecule has 1 atom stereocenters. The Labute approximate surface area is 165 Å². The van der Waals surface area contributed by atoms with Gasteiger partial charge < -0.3 is 25.2 Å². The van der Waals surface area contributed by atoms with Gasteiger partial charge in [0, 0.05) is 53.5 Å². The molecule has 1 aliphatic heterocycles. The maximum atomic E-state index is 5.08. The van der Waals surface area contributed by atoms with Gasteiger partial charge in [0.15, 0.2) is 5.96 Å². The summed E-state index contributed by atoms with van der Waals surface area (Å²) in [4.78, 5) is 9.19. The minimum Gasteiger partial charge on any atom is -0.385 e. The van der Waals surface area contributed by atoms with E-state index >= 15 is 0 Å². The Morgan fingerprint density at radius 2 is 1.96 bits per heavy atom. The van der Waals surface area contributed by atoms with Gasteiger partial charge in [0.05, 0.1) is 0 Å². The maximum absolute atomic E-state index is 5.08. The maximum Gasteiger partial charge on any atom is 0.191 e. The van der Waals surface area contributed by atoms with E-state index in [-0.39, 0.29) is 24.0 Å². The number of halogens is 1. The lowest BCUT2D eigenvalue weighted by atomic mass is 10.1. The zero-order chi connectivity index (χ0) is 16.9. The number of guanidine groups is 1. The predicted molar refractivity (Wildman–Crippen MR) is 114 cm³/mol. The van der Waals surface area contributed by atoms with Crippen LogP contribution in [0.15, 0.2) is 4.99 Å². The number of likely N-dealkylation sites (N-methyl/N-ethyl adjacent to an activating group) is 1. The van der Waals surface area contributed by atoms with Crippen molar-refractivity contribution >= 4 is 29.9 Å². The van der Waals surface area contributed by atoms with Crippen LogP contribution < -0.4 is 10.6 Å². The molecule has 1 saturated heterocycles. The molecular formula is C17H38IN5O. The van der Waals surface area contributed by atoms with Crippen molar-refractivity contribution in [3.05, 3.63) is 0 Å². The zero-order valence-corrected chi connectivity index (χ0v) is 18.3. The number of nitrogens with zero attached hydrogens (tertiary/aromatic N) is 3. The van der Waals surface area contributed by atoms with Gasteiger partial charge in [-0.15, -0.1) is 24.0 Å². The molecule has 0 aliphatic carbocycles. The molecule has 1 fully saturated rings. The van der Waals surface area contributed by atoms with Gasteiger partial charge in [-0.3, -0.25) is 4.99 Å². The quantitative estimate of drug-likeness (QED) is 0.214. The first-order chi connectivity index (χ1) is 11.2. The highest BCUT2D eigenvalue weighted by Gasteiger charge is 2.14. The average Bonchev–Trinajstić information content (AvgIpc) is 3.03. The Morgan fingerprint density at radius 3 is 2.58 bits per heavy atom. The molecular weight excluding hydrogens is 417 g/mol. The molecule has 1 heterocycles. The minimum atomic E-state index is 0. The van der Waals surface area contributed by atoms with Crippen molar-refractivity contribution in [1.29, 1.82) is 0 Å². The molecule has 6 nitrogen and oxygen atoms in total. The van der Waals surface area contributed by atoms with Gasteiger partial charge in [-0.2, -0.15) is 0 Å². The lowest BCUT2D eigenvalue weighted by molar-refractivity contribution is 0.180. The molecule has 0 bridgehead atoms. The number of aliphatic imine (C=N–C) groups is 1. The number of ether oxygens (including phenoxy) is 1. The standard InChI is InChI=1S/C17H37N5O.HI/c1-16(15-22-10-5-6-11-22)14-20-17(18-2)19-8-12-21(3)9-7-13-23-4;/h16H,5-15H2,1-4H3,(H2,18,19,20);1H. The first-order valence-corrected chi connectivity index (χ1v) is 9.00. The topological polar surface area (TPSA) is 52.1 Å². The number of likely N-dealkylation sites (tertiary alicyclic amines) is 1. The molecule has 0 aromatic rings. The Morgan fingerprint density at radius 1 is 1.25 bits per heavy atom. The summed E-state index contributed by atoms with van der Waals surface area (Å²) in [6.07, 6.45) is 3.80. The van der Waals surface area contributed by atoms with E-state index in [2.05, 4.69) is 39.4 Å². The molecule has 0 aromatic carbocycles. The molecule has 1 aliphatic rings. The molecule has 0 aromatic heterocycles. The van der Waals surface area contributed by atoms with Gasteiger partial charge in [0.25, 0.3) is 0 Å². The van der Waals surface area contributed by atoms with Crippen LogP contribution in [0.5, 0.6) is 0 Å². The van der Waals surface area contributed by atoms with Crippen molar-refractivity contribution in [2.24, 2.45) is 10.9 Å². The van der Waals surface area contributed by atoms with Crippen LogP contribution in [0.3, 0.4) is 0 Å². The molecule has 24 heavy (non-hydrogen) atoms. The van der Waals surface area contributed by atoms with Crippen molar-refractivity contribution in [1.82, 2.24) is 20.4 Å². The van der Waals surface area contributed by atoms with Crippen LogP contribution in [0.4, 0.5) is 0 Å². The highest BCUT2D eigenvalue weighted by Crippen LogP contribution is 2.09. The second kappa shape index (κ2) is 15.2. The predicted octanol–water partition coefficient (Wildman–Crippen LogP) is 1.47. The molecule has 0 saturated carbocycles. The summed E-state index contributed by atoms with van der Waals surface area (Å²) in [6.45, 7) is 10.8. The first kappa shape index (κ1) is 23.9. The molecule has 0 amide bonds. The van der Waals surface area contributed by atoms with Crippen LogP contribution in [0.25, 0.3) is 0 Å². The average molecular weight is 455 g/mol. The highest BCUT2D eigenvalue weighted by molar-refractivity contribution is 14.0. The fourth-order valence-corrected chi connectivity index (χ4v) is 2.92. The van der Waals surface area contributed by atoms with E-state index in [0.717, 1.165) is 45.2 Å². The number of rotatable bonds is 11. The molecule has 7 heteroatoms. The van der Waals surface area contributed by atoms with Gasteiger partial charge in [-0.1, -0.05) is 6.92 Å². The van der Waals surface area contributed by atoms with E-state index in [1.54, 1.807) is 7.11 Å². The molecule has 2 N–H and O–H groups in total. The normalized spacial score (nSPS) is 17.0. The van der Waals surface area contributed by atoms with Gasteiger partial charge in [0.2, 0.25) is 0 Å². The van der Waals surface area contributed by atoms with Gasteiger partial charge in [-0.25, -0.2) is 0 Å². The Balaban J connectivity index is 0.00000529. The Hall–Kier alpha value is -0.120. The molecule has 1 rings (SSSR count). The largest absolute Gasteiger partial charge is 0.385 e. The van der Waals surface area contributed by atoms with E-state index < -0.39 is 0 Å². The smallest absolute Gasteiger partial charge is 0.191 e. The summed E-state index contributed by atoms with van der Waals surface area (Å²) < 4.78 is 5.08. The molecule has 0 spiro atoms. The van der Waals surface area contributed by atoms with Gasteiger partial charge >= 0.3 is 0 Å². The van der Waals surface area contributed by atoms with E-state index in [1.807, 2.05) is 7.05 Å². The zero-order valence-electron chi connectivity index (χ0n) is 16.0. The van der Waals surface area contributed by atoms with Crippen molar-refractivity contribution < 1.29 is 4.74 Å². The van der Waals surface area contributed by atoms with Crippen LogP contribution in [0.2, 0.25) is 0 Å². The number of nitrogens with one attached hydrogen (secondary N) is 2. The van der Waals surface area contributed by atoms with E-state index in [4.69, 9.17) is 4.74 Å². The summed E-state index contributed by atoms with van der Waals surface area (Å²) in [5, 5.41) is 6.83. The summed E-state index contributed by atoms with van der Waals surface area (Å²) in [5.74, 6) is 1.55. The van der Waals surface area contributed by atoms with E-state index in [9.17, 15) is 0 Å². The van der Waals surface area contributed by atoms with Crippen molar-refractivity contribution in [3.63, 3.8) is 0 Å². The first-order valence-electron chi connectivity index (χ1n) is 9.00. The molecule has 144 valence electrons. The van der Waals surface area contributed by atoms with Crippen LogP contribution in [0, 0.1) is 5.92 Å². The fourth-order valence-electron chi connectivity index (χ4n) is 2.92. The number of methoxy groups -OCH3 is 1. The third kappa shape index (κ3) is 11.4. The Bertz CT molecular complexity index is 324. The van der Waals surface area contributed by atoms with Crippen LogP contribution in [0.1, 0.15) is 26.2 Å². The van der Waals surface area contributed by atoms with E-state index in [0.29, 0.717) is 5.92 Å². The summed E-state index contributed by atoms with van der Waals surface area (Å²) in [7, 11) is 5.73. The lowest BCUT2D eigenvalue weighted by Gasteiger charge is -2.22. The van der Waals surface area contributed by atoms with Crippen molar-refractivity contribution in [2.75, 3.05) is 73.6 Å². The Kier molecular flexibility index (Phi) is 15.1. The van der Waals surface area contributed by atoms with Crippen LogP contribution in [-0.2, 0) is 4.74 Å². The lowest BCUT2D eigenvalue weighted by Crippen LogP contribution is -2.43. The summed E-state index contributed by atoms with van der Waals surface area (Å²) >= 11 is 0. The third-order valence-corrected chi connectivity index (χ3v) is 4.28. The molecule has 1 unspecified atom stereocenters. The van der Waals surface area contributed by atoms with Gasteiger partial charge in [0.1, 0.15) is 0 Å². The van der Waals surface area contributed by atoms with Crippen molar-refractivity contribution in [2.45, 2.75) is 26.2 Å². The molecule has 0 radical (unpaired) electrons.